The molecule has 1 N–H and O–H groups in total. The van der Waals surface area contributed by atoms with Gasteiger partial charge in [0.2, 0.25) is 0 Å². The Hall–Kier alpha value is -1.12. The van der Waals surface area contributed by atoms with Crippen LogP contribution in [-0.2, 0) is 4.74 Å². The lowest BCUT2D eigenvalue weighted by molar-refractivity contribution is 0.0634. The van der Waals surface area contributed by atoms with Crippen LogP contribution in [0.1, 0.15) is 38.8 Å². The van der Waals surface area contributed by atoms with Gasteiger partial charge in [0, 0.05) is 18.7 Å². The van der Waals surface area contributed by atoms with Crippen LogP contribution in [0.2, 0.25) is 0 Å². The Morgan fingerprint density at radius 3 is 2.44 bits per heavy atom. The molecule has 0 heterocycles. The van der Waals surface area contributed by atoms with Crippen LogP contribution in [0.25, 0.3) is 0 Å². The summed E-state index contributed by atoms with van der Waals surface area (Å²) >= 11 is 0. The molecule has 0 amide bonds. The predicted molar refractivity (Wildman–Crippen MR) is 77.7 cm³/mol. The molecule has 0 aliphatic rings. The van der Waals surface area contributed by atoms with E-state index in [0.717, 1.165) is 6.42 Å². The van der Waals surface area contributed by atoms with Crippen LogP contribution < -0.4 is 5.32 Å². The van der Waals surface area contributed by atoms with E-state index >= 15 is 0 Å². The SMILES string of the molecule is C=C[C@@H](OCC)[C@@H](CC)N[C@H](C)c1ccccc1. The van der Waals surface area contributed by atoms with Gasteiger partial charge in [-0.1, -0.05) is 43.3 Å². The molecule has 0 radical (unpaired) electrons. The predicted octanol–water partition coefficient (Wildman–Crippen LogP) is 3.71. The molecule has 2 heteroatoms. The summed E-state index contributed by atoms with van der Waals surface area (Å²) in [6.45, 7) is 11.0. The molecule has 0 unspecified atom stereocenters. The minimum Gasteiger partial charge on any atom is -0.373 e. The standard InChI is InChI=1S/C16H25NO/c1-5-15(16(6-2)18-7-3)17-13(4)14-11-9-8-10-12-14/h6,8-13,15-17H,2,5,7H2,1,3-4H3/t13-,15-,16-/m1/s1. The van der Waals surface area contributed by atoms with Gasteiger partial charge in [0.05, 0.1) is 6.10 Å². The van der Waals surface area contributed by atoms with Crippen molar-refractivity contribution in [3.05, 3.63) is 48.6 Å². The second-order valence-electron chi connectivity index (χ2n) is 4.47. The van der Waals surface area contributed by atoms with Crippen molar-refractivity contribution < 1.29 is 4.74 Å². The fourth-order valence-electron chi connectivity index (χ4n) is 2.14. The molecule has 0 saturated carbocycles. The van der Waals surface area contributed by atoms with Crippen LogP contribution in [0.4, 0.5) is 0 Å². The molecule has 18 heavy (non-hydrogen) atoms. The Balaban J connectivity index is 2.65. The van der Waals surface area contributed by atoms with E-state index < -0.39 is 0 Å². The first-order chi connectivity index (χ1) is 8.72. The zero-order valence-corrected chi connectivity index (χ0v) is 11.7. The van der Waals surface area contributed by atoms with E-state index in [4.69, 9.17) is 4.74 Å². The van der Waals surface area contributed by atoms with Crippen molar-refractivity contribution in [3.8, 4) is 0 Å². The summed E-state index contributed by atoms with van der Waals surface area (Å²) in [5, 5.41) is 3.62. The lowest BCUT2D eigenvalue weighted by atomic mass is 10.0. The molecular formula is C16H25NO. The average molecular weight is 247 g/mol. The number of hydrogen-bond donors (Lipinski definition) is 1. The second-order valence-corrected chi connectivity index (χ2v) is 4.47. The van der Waals surface area contributed by atoms with E-state index in [1.165, 1.54) is 5.56 Å². The topological polar surface area (TPSA) is 21.3 Å². The van der Waals surface area contributed by atoms with Crippen LogP contribution >= 0.6 is 0 Å². The van der Waals surface area contributed by atoms with Gasteiger partial charge < -0.3 is 10.1 Å². The number of rotatable bonds is 8. The zero-order chi connectivity index (χ0) is 13.4. The fourth-order valence-corrected chi connectivity index (χ4v) is 2.14. The Kier molecular flexibility index (Phi) is 6.69. The average Bonchev–Trinajstić information content (AvgIpc) is 2.43. The van der Waals surface area contributed by atoms with Crippen molar-refractivity contribution in [1.82, 2.24) is 5.32 Å². The fraction of sp³-hybridized carbons (Fsp3) is 0.500. The molecule has 100 valence electrons. The maximum absolute atomic E-state index is 5.70. The number of hydrogen-bond acceptors (Lipinski definition) is 2. The molecule has 0 aliphatic heterocycles. The van der Waals surface area contributed by atoms with E-state index in [-0.39, 0.29) is 6.10 Å². The lowest BCUT2D eigenvalue weighted by Crippen LogP contribution is -2.41. The number of nitrogens with one attached hydrogen (secondary N) is 1. The van der Waals surface area contributed by atoms with Crippen LogP contribution in [0, 0.1) is 0 Å². The molecule has 1 aromatic rings. The summed E-state index contributed by atoms with van der Waals surface area (Å²) in [6, 6.07) is 11.1. The number of benzene rings is 1. The van der Waals surface area contributed by atoms with Crippen molar-refractivity contribution in [2.75, 3.05) is 6.61 Å². The first-order valence-corrected chi connectivity index (χ1v) is 6.78. The third-order valence-electron chi connectivity index (χ3n) is 3.19. The van der Waals surface area contributed by atoms with Gasteiger partial charge in [0.1, 0.15) is 0 Å². The van der Waals surface area contributed by atoms with E-state index in [1.54, 1.807) is 0 Å². The van der Waals surface area contributed by atoms with E-state index in [0.29, 0.717) is 18.7 Å². The summed E-state index contributed by atoms with van der Waals surface area (Å²) in [4.78, 5) is 0. The summed E-state index contributed by atoms with van der Waals surface area (Å²) in [5.74, 6) is 0. The van der Waals surface area contributed by atoms with Crippen molar-refractivity contribution in [2.24, 2.45) is 0 Å². The smallest absolute Gasteiger partial charge is 0.0906 e. The largest absolute Gasteiger partial charge is 0.373 e. The summed E-state index contributed by atoms with van der Waals surface area (Å²) < 4.78 is 5.70. The maximum Gasteiger partial charge on any atom is 0.0906 e. The highest BCUT2D eigenvalue weighted by Crippen LogP contribution is 2.15. The molecule has 0 fully saturated rings. The molecule has 2 nitrogen and oxygen atoms in total. The molecule has 0 aromatic heterocycles. The van der Waals surface area contributed by atoms with Crippen LogP contribution in [0.3, 0.4) is 0 Å². The molecular weight excluding hydrogens is 222 g/mol. The highest BCUT2D eigenvalue weighted by Gasteiger charge is 2.19. The zero-order valence-electron chi connectivity index (χ0n) is 11.7. The normalized spacial score (nSPS) is 15.9. The van der Waals surface area contributed by atoms with Crippen LogP contribution in [0.15, 0.2) is 43.0 Å². The Morgan fingerprint density at radius 2 is 1.94 bits per heavy atom. The first-order valence-electron chi connectivity index (χ1n) is 6.78. The van der Waals surface area contributed by atoms with Gasteiger partial charge >= 0.3 is 0 Å². The van der Waals surface area contributed by atoms with Crippen LogP contribution in [-0.4, -0.2) is 18.8 Å². The van der Waals surface area contributed by atoms with Gasteiger partial charge in [-0.15, -0.1) is 6.58 Å². The highest BCUT2D eigenvalue weighted by molar-refractivity contribution is 5.18. The summed E-state index contributed by atoms with van der Waals surface area (Å²) in [7, 11) is 0. The van der Waals surface area contributed by atoms with E-state index in [2.05, 4.69) is 50.0 Å². The molecule has 1 rings (SSSR count). The van der Waals surface area contributed by atoms with E-state index in [1.807, 2.05) is 19.1 Å². The van der Waals surface area contributed by atoms with Crippen molar-refractivity contribution >= 4 is 0 Å². The molecule has 0 bridgehead atoms. The minimum atomic E-state index is 0.0752. The Bertz CT molecular complexity index is 336. The quantitative estimate of drug-likeness (QED) is 0.707. The maximum atomic E-state index is 5.70. The molecule has 3 atom stereocenters. The third kappa shape index (κ3) is 4.28. The Labute approximate surface area is 111 Å². The molecule has 0 spiro atoms. The van der Waals surface area contributed by atoms with Gasteiger partial charge in [-0.05, 0) is 25.8 Å². The van der Waals surface area contributed by atoms with Gasteiger partial charge in [-0.25, -0.2) is 0 Å². The first kappa shape index (κ1) is 14.9. The lowest BCUT2D eigenvalue weighted by Gasteiger charge is -2.28. The van der Waals surface area contributed by atoms with Crippen LogP contribution in [0.5, 0.6) is 0 Å². The van der Waals surface area contributed by atoms with Crippen molar-refractivity contribution in [2.45, 2.75) is 45.4 Å². The highest BCUT2D eigenvalue weighted by atomic mass is 16.5. The van der Waals surface area contributed by atoms with Crippen molar-refractivity contribution in [1.29, 1.82) is 0 Å². The molecule has 0 aliphatic carbocycles. The minimum absolute atomic E-state index is 0.0752. The van der Waals surface area contributed by atoms with Gasteiger partial charge in [0.25, 0.3) is 0 Å². The van der Waals surface area contributed by atoms with E-state index in [9.17, 15) is 0 Å². The van der Waals surface area contributed by atoms with Crippen molar-refractivity contribution in [3.63, 3.8) is 0 Å². The van der Waals surface area contributed by atoms with Gasteiger partial charge in [-0.3, -0.25) is 0 Å². The Morgan fingerprint density at radius 1 is 1.28 bits per heavy atom. The second kappa shape index (κ2) is 8.06. The monoisotopic (exact) mass is 247 g/mol. The third-order valence-corrected chi connectivity index (χ3v) is 3.19. The summed E-state index contributed by atoms with van der Waals surface area (Å²) in [5.41, 5.74) is 1.30. The van der Waals surface area contributed by atoms with Gasteiger partial charge in [0.15, 0.2) is 0 Å². The molecule has 1 aromatic carbocycles. The molecule has 0 saturated heterocycles. The number of ether oxygens (including phenoxy) is 1. The van der Waals surface area contributed by atoms with Gasteiger partial charge in [-0.2, -0.15) is 0 Å². The summed E-state index contributed by atoms with van der Waals surface area (Å²) in [6.07, 6.45) is 2.99.